The quantitative estimate of drug-likeness (QED) is 0.394. The van der Waals surface area contributed by atoms with Crippen LogP contribution in [0, 0.1) is 6.92 Å². The molecule has 0 aliphatic heterocycles. The first kappa shape index (κ1) is 28.2. The number of halogens is 1. The van der Waals surface area contributed by atoms with Crippen LogP contribution in [0.15, 0.2) is 78.9 Å². The third-order valence-electron chi connectivity index (χ3n) is 5.83. The maximum absolute atomic E-state index is 13.9. The van der Waals surface area contributed by atoms with E-state index in [1.807, 2.05) is 68.4 Å². The van der Waals surface area contributed by atoms with Gasteiger partial charge in [-0.1, -0.05) is 77.8 Å². The number of carbonyl (C=O) groups is 2. The highest BCUT2D eigenvalue weighted by Gasteiger charge is 2.32. The lowest BCUT2D eigenvalue weighted by atomic mass is 10.0. The molecule has 0 unspecified atom stereocenters. The second-order valence-corrected chi connectivity index (χ2v) is 11.2. The Kier molecular flexibility index (Phi) is 9.72. The predicted molar refractivity (Wildman–Crippen MR) is 148 cm³/mol. The predicted octanol–water partition coefficient (Wildman–Crippen LogP) is 4.19. The van der Waals surface area contributed by atoms with Gasteiger partial charge in [-0.2, -0.15) is 0 Å². The van der Waals surface area contributed by atoms with Gasteiger partial charge in [-0.05, 0) is 43.2 Å². The zero-order valence-electron chi connectivity index (χ0n) is 21.2. The Morgan fingerprint density at radius 3 is 2.24 bits per heavy atom. The lowest BCUT2D eigenvalue weighted by Gasteiger charge is -2.33. The minimum absolute atomic E-state index is 0.141. The highest BCUT2D eigenvalue weighted by atomic mass is 35.5. The molecule has 0 bridgehead atoms. The summed E-state index contributed by atoms with van der Waals surface area (Å²) in [6.45, 7) is 3.83. The largest absolute Gasteiger partial charge is 0.355 e. The lowest BCUT2D eigenvalue weighted by molar-refractivity contribution is -0.140. The molecule has 1 atom stereocenters. The average molecular weight is 542 g/mol. The van der Waals surface area contributed by atoms with Gasteiger partial charge in [-0.25, -0.2) is 8.42 Å². The molecule has 196 valence electrons. The maximum Gasteiger partial charge on any atom is 0.244 e. The molecule has 0 aliphatic rings. The summed E-state index contributed by atoms with van der Waals surface area (Å²) in [6, 6.07) is 22.6. The second-order valence-electron chi connectivity index (χ2n) is 8.86. The highest BCUT2D eigenvalue weighted by molar-refractivity contribution is 7.92. The molecular formula is C28H32ClN3O4S. The Balaban J connectivity index is 2.04. The molecule has 0 saturated heterocycles. The molecule has 1 N–H and O–H groups in total. The summed E-state index contributed by atoms with van der Waals surface area (Å²) < 4.78 is 26.5. The fourth-order valence-corrected chi connectivity index (χ4v) is 5.12. The number of rotatable bonds is 11. The maximum atomic E-state index is 13.9. The Hall–Kier alpha value is -3.36. The van der Waals surface area contributed by atoms with Crippen molar-refractivity contribution in [1.29, 1.82) is 0 Å². The number of nitrogens with zero attached hydrogens (tertiary/aromatic N) is 2. The van der Waals surface area contributed by atoms with Crippen molar-refractivity contribution >= 4 is 39.1 Å². The van der Waals surface area contributed by atoms with Crippen molar-refractivity contribution in [2.45, 2.75) is 32.9 Å². The minimum Gasteiger partial charge on any atom is -0.355 e. The van der Waals surface area contributed by atoms with Crippen LogP contribution >= 0.6 is 11.6 Å². The number of amides is 2. The van der Waals surface area contributed by atoms with E-state index in [1.165, 1.54) is 11.0 Å². The van der Waals surface area contributed by atoms with Crippen molar-refractivity contribution in [3.63, 3.8) is 0 Å². The van der Waals surface area contributed by atoms with Crippen LogP contribution in [0.2, 0.25) is 5.02 Å². The summed E-state index contributed by atoms with van der Waals surface area (Å²) in [5.74, 6) is -0.805. The van der Waals surface area contributed by atoms with Crippen LogP contribution in [0.3, 0.4) is 0 Å². The monoisotopic (exact) mass is 541 g/mol. The number of carbonyl (C=O) groups excluding carboxylic acids is 2. The van der Waals surface area contributed by atoms with E-state index in [0.29, 0.717) is 11.6 Å². The van der Waals surface area contributed by atoms with Crippen molar-refractivity contribution in [3.05, 3.63) is 101 Å². The smallest absolute Gasteiger partial charge is 0.244 e. The molecule has 0 radical (unpaired) electrons. The Morgan fingerprint density at radius 2 is 1.62 bits per heavy atom. The van der Waals surface area contributed by atoms with Crippen molar-refractivity contribution in [3.8, 4) is 0 Å². The number of hydrogen-bond acceptors (Lipinski definition) is 4. The van der Waals surface area contributed by atoms with Gasteiger partial charge in [0.1, 0.15) is 12.6 Å². The van der Waals surface area contributed by atoms with Crippen LogP contribution in [0.25, 0.3) is 0 Å². The van der Waals surface area contributed by atoms with Gasteiger partial charge in [0, 0.05) is 24.5 Å². The molecule has 3 aromatic carbocycles. The summed E-state index contributed by atoms with van der Waals surface area (Å²) >= 11 is 6.11. The average Bonchev–Trinajstić information content (AvgIpc) is 2.84. The van der Waals surface area contributed by atoms with Crippen LogP contribution in [-0.4, -0.2) is 50.5 Å². The van der Waals surface area contributed by atoms with Crippen molar-refractivity contribution in [2.24, 2.45) is 0 Å². The minimum atomic E-state index is -3.83. The number of hydrogen-bond donors (Lipinski definition) is 1. The molecule has 0 saturated carbocycles. The van der Waals surface area contributed by atoms with E-state index < -0.39 is 28.5 Å². The first-order chi connectivity index (χ1) is 17.6. The fraction of sp³-hybridized carbons (Fsp3) is 0.286. The number of likely N-dealkylation sites (N-methyl/N-ethyl adjacent to an activating group) is 1. The van der Waals surface area contributed by atoms with Crippen LogP contribution in [0.1, 0.15) is 23.6 Å². The molecule has 0 fully saturated rings. The third-order valence-corrected chi connectivity index (χ3v) is 7.21. The first-order valence-electron chi connectivity index (χ1n) is 12.0. The van der Waals surface area contributed by atoms with Gasteiger partial charge < -0.3 is 10.2 Å². The van der Waals surface area contributed by atoms with Crippen LogP contribution in [0.4, 0.5) is 5.69 Å². The van der Waals surface area contributed by atoms with E-state index in [1.54, 1.807) is 18.2 Å². The molecule has 3 aromatic rings. The Morgan fingerprint density at radius 1 is 0.946 bits per heavy atom. The number of nitrogens with one attached hydrogen (secondary N) is 1. The van der Waals surface area contributed by atoms with Gasteiger partial charge in [0.05, 0.1) is 11.9 Å². The van der Waals surface area contributed by atoms with Gasteiger partial charge in [0.25, 0.3) is 0 Å². The number of aryl methyl sites for hydroxylation is 1. The number of benzene rings is 3. The first-order valence-corrected chi connectivity index (χ1v) is 14.2. The van der Waals surface area contributed by atoms with Crippen LogP contribution in [0.5, 0.6) is 0 Å². The molecular weight excluding hydrogens is 510 g/mol. The van der Waals surface area contributed by atoms with E-state index in [0.717, 1.165) is 27.3 Å². The third kappa shape index (κ3) is 8.06. The summed E-state index contributed by atoms with van der Waals surface area (Å²) in [4.78, 5) is 28.7. The number of anilines is 1. The Labute approximate surface area is 224 Å². The topological polar surface area (TPSA) is 86.8 Å². The molecule has 0 spiro atoms. The molecule has 7 nitrogen and oxygen atoms in total. The normalized spacial score (nSPS) is 12.0. The summed E-state index contributed by atoms with van der Waals surface area (Å²) in [6.07, 6.45) is 1.32. The molecule has 0 aromatic heterocycles. The number of sulfonamides is 1. The van der Waals surface area contributed by atoms with Crippen molar-refractivity contribution in [1.82, 2.24) is 10.2 Å². The van der Waals surface area contributed by atoms with E-state index in [2.05, 4.69) is 5.32 Å². The second kappa shape index (κ2) is 12.7. The molecule has 3 rings (SSSR count). The van der Waals surface area contributed by atoms with Gasteiger partial charge in [0.15, 0.2) is 0 Å². The molecule has 0 aliphatic carbocycles. The van der Waals surface area contributed by atoms with E-state index in [9.17, 15) is 18.0 Å². The zero-order chi connectivity index (χ0) is 27.0. The zero-order valence-corrected chi connectivity index (χ0v) is 22.8. The van der Waals surface area contributed by atoms with Gasteiger partial charge in [-0.15, -0.1) is 0 Å². The van der Waals surface area contributed by atoms with E-state index >= 15 is 0 Å². The molecule has 2 amide bonds. The van der Waals surface area contributed by atoms with Crippen molar-refractivity contribution < 1.29 is 18.0 Å². The summed E-state index contributed by atoms with van der Waals surface area (Å²) in [5.41, 5.74) is 3.01. The highest BCUT2D eigenvalue weighted by Crippen LogP contribution is 2.23. The summed E-state index contributed by atoms with van der Waals surface area (Å²) in [7, 11) is -3.83. The van der Waals surface area contributed by atoms with Gasteiger partial charge in [0.2, 0.25) is 21.8 Å². The van der Waals surface area contributed by atoms with Crippen LogP contribution in [-0.2, 0) is 32.6 Å². The molecule has 37 heavy (non-hydrogen) atoms. The standard InChI is InChI=1S/C28H32ClN3O4S/c1-4-30-28(34)26(17-22-11-6-5-7-12-22)31(19-23-13-8-10-21(2)16-23)27(33)20-32(37(3,35)36)25-15-9-14-24(29)18-25/h5-16,18,26H,4,17,19-20H2,1-3H3,(H,30,34)/t26-/m0/s1. The lowest BCUT2D eigenvalue weighted by Crippen LogP contribution is -2.53. The summed E-state index contributed by atoms with van der Waals surface area (Å²) in [5, 5.41) is 3.19. The Bertz CT molecular complexity index is 1330. The van der Waals surface area contributed by atoms with E-state index in [-0.39, 0.29) is 24.6 Å². The van der Waals surface area contributed by atoms with Gasteiger partial charge >= 0.3 is 0 Å². The van der Waals surface area contributed by atoms with Gasteiger partial charge in [-0.3, -0.25) is 13.9 Å². The van der Waals surface area contributed by atoms with E-state index in [4.69, 9.17) is 11.6 Å². The van der Waals surface area contributed by atoms with Crippen molar-refractivity contribution in [2.75, 3.05) is 23.7 Å². The SMILES string of the molecule is CCNC(=O)[C@H](Cc1ccccc1)N(Cc1cccc(C)c1)C(=O)CN(c1cccc(Cl)c1)S(C)(=O)=O. The fourth-order valence-electron chi connectivity index (χ4n) is 4.10. The molecule has 0 heterocycles. The molecule has 9 heteroatoms. The van der Waals surface area contributed by atoms with Crippen LogP contribution < -0.4 is 9.62 Å².